The van der Waals surface area contributed by atoms with Gasteiger partial charge in [0.15, 0.2) is 5.78 Å². The Bertz CT molecular complexity index is 958. The van der Waals surface area contributed by atoms with E-state index in [4.69, 9.17) is 5.73 Å². The number of rotatable bonds is 6. The quantitative estimate of drug-likeness (QED) is 0.619. The van der Waals surface area contributed by atoms with E-state index in [1.54, 1.807) is 0 Å². The van der Waals surface area contributed by atoms with Gasteiger partial charge < -0.3 is 5.73 Å². The molecule has 0 unspecified atom stereocenters. The molecule has 0 bridgehead atoms. The van der Waals surface area contributed by atoms with Crippen LogP contribution >= 0.6 is 11.8 Å². The molecule has 0 aliphatic rings. The van der Waals surface area contributed by atoms with Crippen LogP contribution in [0.2, 0.25) is 0 Å². The highest BCUT2D eigenvalue weighted by Gasteiger charge is 2.22. The molecule has 0 fully saturated rings. The second-order valence-corrected chi connectivity index (χ2v) is 7.91. The lowest BCUT2D eigenvalue weighted by Gasteiger charge is -2.16. The molecule has 6 nitrogen and oxygen atoms in total. The topological polar surface area (TPSA) is 87.1 Å². The Hall–Kier alpha value is -2.28. The highest BCUT2D eigenvalue weighted by molar-refractivity contribution is 8.00. The van der Waals surface area contributed by atoms with Gasteiger partial charge in [0.25, 0.3) is 5.56 Å². The van der Waals surface area contributed by atoms with Gasteiger partial charge in [-0.2, -0.15) is 0 Å². The molecule has 0 aliphatic heterocycles. The SMILES string of the molecule is Cc1ccc(C)c(SCC(=O)c2c(N)n(CC(C)C)c(=O)n(C)c2=O)c1. The van der Waals surface area contributed by atoms with E-state index in [0.717, 1.165) is 20.6 Å². The molecule has 1 aromatic heterocycles. The van der Waals surface area contributed by atoms with Crippen LogP contribution in [0.5, 0.6) is 0 Å². The first-order valence-electron chi connectivity index (χ1n) is 8.46. The van der Waals surface area contributed by atoms with Crippen LogP contribution in [0.15, 0.2) is 32.7 Å². The largest absolute Gasteiger partial charge is 0.384 e. The van der Waals surface area contributed by atoms with Crippen molar-refractivity contribution in [2.75, 3.05) is 11.5 Å². The maximum absolute atomic E-state index is 12.7. The van der Waals surface area contributed by atoms with Crippen molar-refractivity contribution in [3.05, 3.63) is 55.7 Å². The molecule has 7 heteroatoms. The number of carbonyl (C=O) groups is 1. The van der Waals surface area contributed by atoms with Crippen LogP contribution in [0.25, 0.3) is 0 Å². The van der Waals surface area contributed by atoms with Crippen LogP contribution in [0.3, 0.4) is 0 Å². The molecule has 1 aromatic carbocycles. The van der Waals surface area contributed by atoms with Gasteiger partial charge in [0.05, 0.1) is 5.75 Å². The first kappa shape index (κ1) is 20.0. The number of thioether (sulfide) groups is 1. The van der Waals surface area contributed by atoms with Gasteiger partial charge in [-0.05, 0) is 31.4 Å². The van der Waals surface area contributed by atoms with Crippen LogP contribution in [-0.4, -0.2) is 20.7 Å². The molecule has 0 saturated heterocycles. The molecule has 1 heterocycles. The molecule has 0 aliphatic carbocycles. The van der Waals surface area contributed by atoms with Crippen LogP contribution in [-0.2, 0) is 13.6 Å². The van der Waals surface area contributed by atoms with Gasteiger partial charge in [0.1, 0.15) is 11.4 Å². The van der Waals surface area contributed by atoms with Crippen molar-refractivity contribution in [3.63, 3.8) is 0 Å². The molecule has 2 aromatic rings. The average molecular weight is 375 g/mol. The molecular weight excluding hydrogens is 350 g/mol. The van der Waals surface area contributed by atoms with Crippen molar-refractivity contribution < 1.29 is 4.79 Å². The summed E-state index contributed by atoms with van der Waals surface area (Å²) in [6.07, 6.45) is 0. The van der Waals surface area contributed by atoms with Crippen molar-refractivity contribution >= 4 is 23.4 Å². The third-order valence-electron chi connectivity index (χ3n) is 4.11. The highest BCUT2D eigenvalue weighted by Crippen LogP contribution is 2.24. The number of Topliss-reactive ketones (excluding diaryl/α,β-unsaturated/α-hetero) is 1. The highest BCUT2D eigenvalue weighted by atomic mass is 32.2. The molecular formula is C19H25N3O3S. The molecule has 0 amide bonds. The molecule has 0 saturated carbocycles. The van der Waals surface area contributed by atoms with Crippen molar-refractivity contribution in [1.29, 1.82) is 0 Å². The zero-order valence-electron chi connectivity index (χ0n) is 15.8. The summed E-state index contributed by atoms with van der Waals surface area (Å²) in [4.78, 5) is 38.5. The first-order chi connectivity index (χ1) is 12.1. The van der Waals surface area contributed by atoms with Crippen molar-refractivity contribution in [3.8, 4) is 0 Å². The molecule has 2 N–H and O–H groups in total. The third-order valence-corrected chi connectivity index (χ3v) is 5.27. The van der Waals surface area contributed by atoms with Gasteiger partial charge in [-0.1, -0.05) is 31.5 Å². The summed E-state index contributed by atoms with van der Waals surface area (Å²) in [7, 11) is 1.37. The van der Waals surface area contributed by atoms with Gasteiger partial charge in [0.2, 0.25) is 0 Å². The van der Waals surface area contributed by atoms with Crippen LogP contribution in [0.4, 0.5) is 5.82 Å². The Morgan fingerprint density at radius 2 is 1.88 bits per heavy atom. The zero-order valence-corrected chi connectivity index (χ0v) is 16.6. The zero-order chi connectivity index (χ0) is 19.6. The maximum atomic E-state index is 12.7. The predicted octanol–water partition coefficient (Wildman–Crippen LogP) is 2.38. The number of nitrogens with zero attached hydrogens (tertiary/aromatic N) is 2. The molecule has 26 heavy (non-hydrogen) atoms. The number of ketones is 1. The predicted molar refractivity (Wildman–Crippen MR) is 106 cm³/mol. The number of aryl methyl sites for hydroxylation is 2. The van der Waals surface area contributed by atoms with Gasteiger partial charge in [-0.25, -0.2) is 4.79 Å². The Kier molecular flexibility index (Phi) is 6.13. The van der Waals surface area contributed by atoms with E-state index in [1.165, 1.54) is 23.4 Å². The van der Waals surface area contributed by atoms with Crippen LogP contribution in [0.1, 0.15) is 35.3 Å². The first-order valence-corrected chi connectivity index (χ1v) is 9.44. The van der Waals surface area contributed by atoms with Gasteiger partial charge in [0, 0.05) is 18.5 Å². The van der Waals surface area contributed by atoms with Crippen molar-refractivity contribution in [2.45, 2.75) is 39.1 Å². The summed E-state index contributed by atoms with van der Waals surface area (Å²) in [5.74, 6) is -0.173. The standard InChI is InChI=1S/C19H25N3O3S/c1-11(2)9-22-17(20)16(18(24)21(5)19(22)25)14(23)10-26-15-8-12(3)6-7-13(15)4/h6-8,11H,9-10,20H2,1-5H3. The fraction of sp³-hybridized carbons (Fsp3) is 0.421. The smallest absolute Gasteiger partial charge is 0.332 e. The number of hydrogen-bond acceptors (Lipinski definition) is 5. The lowest BCUT2D eigenvalue weighted by Crippen LogP contribution is -2.43. The Balaban J connectivity index is 2.39. The second-order valence-electron chi connectivity index (χ2n) is 6.89. The van der Waals surface area contributed by atoms with E-state index in [0.29, 0.717) is 6.54 Å². The van der Waals surface area contributed by atoms with Crippen molar-refractivity contribution in [2.24, 2.45) is 13.0 Å². The molecule has 140 valence electrons. The summed E-state index contributed by atoms with van der Waals surface area (Å²) >= 11 is 1.37. The summed E-state index contributed by atoms with van der Waals surface area (Å²) in [6.45, 7) is 8.19. The second kappa shape index (κ2) is 7.95. The summed E-state index contributed by atoms with van der Waals surface area (Å²) in [5.41, 5.74) is 6.97. The van der Waals surface area contributed by atoms with Crippen LogP contribution in [0, 0.1) is 19.8 Å². The molecule has 0 radical (unpaired) electrons. The number of nitrogens with two attached hydrogens (primary N) is 1. The number of aromatic nitrogens is 2. The minimum atomic E-state index is -0.640. The Morgan fingerprint density at radius 1 is 1.23 bits per heavy atom. The maximum Gasteiger partial charge on any atom is 0.332 e. The van der Waals surface area contributed by atoms with E-state index in [9.17, 15) is 14.4 Å². The fourth-order valence-corrected chi connectivity index (χ4v) is 3.66. The Labute approximate surface area is 157 Å². The monoisotopic (exact) mass is 375 g/mol. The number of carbonyl (C=O) groups excluding carboxylic acids is 1. The Morgan fingerprint density at radius 3 is 2.50 bits per heavy atom. The number of nitrogen functional groups attached to an aromatic ring is 1. The third kappa shape index (κ3) is 4.09. The summed E-state index contributed by atoms with van der Waals surface area (Å²) < 4.78 is 2.26. The summed E-state index contributed by atoms with van der Waals surface area (Å²) in [5, 5.41) is 0. The number of anilines is 1. The van der Waals surface area contributed by atoms with Crippen molar-refractivity contribution in [1.82, 2.24) is 9.13 Å². The van der Waals surface area contributed by atoms with E-state index in [-0.39, 0.29) is 28.8 Å². The van der Waals surface area contributed by atoms with E-state index in [2.05, 4.69) is 0 Å². The lowest BCUT2D eigenvalue weighted by atomic mass is 10.2. The lowest BCUT2D eigenvalue weighted by molar-refractivity contribution is 0.102. The number of benzene rings is 1. The fourth-order valence-electron chi connectivity index (χ4n) is 2.67. The van der Waals surface area contributed by atoms with E-state index >= 15 is 0 Å². The molecule has 2 rings (SSSR count). The summed E-state index contributed by atoms with van der Waals surface area (Å²) in [6, 6.07) is 6.02. The van der Waals surface area contributed by atoms with Gasteiger partial charge in [-0.15, -0.1) is 11.8 Å². The minimum Gasteiger partial charge on any atom is -0.384 e. The van der Waals surface area contributed by atoms with E-state index < -0.39 is 11.2 Å². The molecule has 0 atom stereocenters. The van der Waals surface area contributed by atoms with E-state index in [1.807, 2.05) is 45.9 Å². The average Bonchev–Trinajstić information content (AvgIpc) is 2.57. The molecule has 0 spiro atoms. The normalized spacial score (nSPS) is 11.2. The number of hydrogen-bond donors (Lipinski definition) is 1. The van der Waals surface area contributed by atoms with Gasteiger partial charge >= 0.3 is 5.69 Å². The minimum absolute atomic E-state index is 0.0432. The van der Waals surface area contributed by atoms with Gasteiger partial charge in [-0.3, -0.25) is 18.7 Å². The van der Waals surface area contributed by atoms with Crippen LogP contribution < -0.4 is 17.0 Å².